The second-order valence-corrected chi connectivity index (χ2v) is 3.50. The van der Waals surface area contributed by atoms with Crippen LogP contribution in [0.25, 0.3) is 0 Å². The summed E-state index contributed by atoms with van der Waals surface area (Å²) in [6.45, 7) is 0.207. The molecule has 0 saturated heterocycles. The highest BCUT2D eigenvalue weighted by molar-refractivity contribution is 5.95. The second kappa shape index (κ2) is 5.25. The van der Waals surface area contributed by atoms with Crippen molar-refractivity contribution >= 4 is 12.3 Å². The molecular formula is C11H13FN2O2. The van der Waals surface area contributed by atoms with Crippen LogP contribution < -0.4 is 5.32 Å². The third-order valence-electron chi connectivity index (χ3n) is 2.08. The Morgan fingerprint density at radius 2 is 2.19 bits per heavy atom. The van der Waals surface area contributed by atoms with Gasteiger partial charge in [-0.2, -0.15) is 0 Å². The van der Waals surface area contributed by atoms with E-state index in [1.165, 1.54) is 23.1 Å². The first-order valence-corrected chi connectivity index (χ1v) is 4.73. The molecule has 1 aromatic carbocycles. The molecule has 1 N–H and O–H groups in total. The number of rotatable bonds is 4. The van der Waals surface area contributed by atoms with E-state index in [2.05, 4.69) is 5.32 Å². The number of amides is 2. The quantitative estimate of drug-likeness (QED) is 0.768. The Morgan fingerprint density at radius 1 is 1.50 bits per heavy atom. The Hall–Kier alpha value is -1.91. The summed E-state index contributed by atoms with van der Waals surface area (Å²) in [6.07, 6.45) is 0.535. The zero-order chi connectivity index (χ0) is 12.1. The van der Waals surface area contributed by atoms with Crippen LogP contribution in [-0.2, 0) is 11.3 Å². The summed E-state index contributed by atoms with van der Waals surface area (Å²) in [7, 11) is 3.17. The summed E-state index contributed by atoms with van der Waals surface area (Å²) < 4.78 is 13.0. The van der Waals surface area contributed by atoms with Crippen LogP contribution in [0.1, 0.15) is 15.9 Å². The predicted octanol–water partition coefficient (Wildman–Crippen LogP) is 0.773. The van der Waals surface area contributed by atoms with Gasteiger partial charge in [-0.15, -0.1) is 0 Å². The second-order valence-electron chi connectivity index (χ2n) is 3.50. The van der Waals surface area contributed by atoms with E-state index in [0.717, 1.165) is 0 Å². The molecule has 0 aliphatic carbocycles. The first-order chi connectivity index (χ1) is 7.56. The fourth-order valence-corrected chi connectivity index (χ4v) is 1.29. The molecule has 0 spiro atoms. The van der Waals surface area contributed by atoms with Gasteiger partial charge in [0, 0.05) is 26.2 Å². The Bertz CT molecular complexity index is 405. The maximum absolute atomic E-state index is 13.0. The van der Waals surface area contributed by atoms with Crippen molar-refractivity contribution < 1.29 is 14.0 Å². The number of halogens is 1. The summed E-state index contributed by atoms with van der Waals surface area (Å²) in [5.41, 5.74) is 0.853. The molecule has 0 fully saturated rings. The molecule has 5 heteroatoms. The zero-order valence-electron chi connectivity index (χ0n) is 9.16. The molecule has 0 heterocycles. The smallest absolute Gasteiger partial charge is 0.253 e. The fourth-order valence-electron chi connectivity index (χ4n) is 1.29. The molecular weight excluding hydrogens is 211 g/mol. The van der Waals surface area contributed by atoms with Crippen LogP contribution in [0.5, 0.6) is 0 Å². The maximum atomic E-state index is 13.0. The minimum atomic E-state index is -0.472. The third-order valence-corrected chi connectivity index (χ3v) is 2.08. The summed E-state index contributed by atoms with van der Waals surface area (Å²) in [5, 5.41) is 2.44. The van der Waals surface area contributed by atoms with Crippen molar-refractivity contribution in [3.8, 4) is 0 Å². The van der Waals surface area contributed by atoms with Crippen LogP contribution in [0.2, 0.25) is 0 Å². The highest BCUT2D eigenvalue weighted by Gasteiger charge is 2.13. The molecule has 0 radical (unpaired) electrons. The topological polar surface area (TPSA) is 49.4 Å². The van der Waals surface area contributed by atoms with Crippen molar-refractivity contribution in [1.29, 1.82) is 0 Å². The van der Waals surface area contributed by atoms with Gasteiger partial charge in [-0.3, -0.25) is 9.59 Å². The van der Waals surface area contributed by atoms with E-state index >= 15 is 0 Å². The van der Waals surface area contributed by atoms with Crippen LogP contribution in [-0.4, -0.2) is 31.3 Å². The lowest BCUT2D eigenvalue weighted by atomic mass is 10.1. The normalized spacial score (nSPS) is 9.69. The predicted molar refractivity (Wildman–Crippen MR) is 57.3 cm³/mol. The summed E-state index contributed by atoms with van der Waals surface area (Å²) in [4.78, 5) is 23.3. The minimum absolute atomic E-state index is 0.207. The van der Waals surface area contributed by atoms with Gasteiger partial charge in [-0.05, 0) is 17.7 Å². The van der Waals surface area contributed by atoms with Crippen molar-refractivity contribution in [3.05, 3.63) is 35.1 Å². The molecule has 0 bridgehead atoms. The van der Waals surface area contributed by atoms with Crippen molar-refractivity contribution in [2.24, 2.45) is 0 Å². The van der Waals surface area contributed by atoms with Gasteiger partial charge in [0.05, 0.1) is 0 Å². The summed E-state index contributed by atoms with van der Waals surface area (Å²) in [6, 6.07) is 3.92. The standard InChI is InChI=1S/C11H13FN2O2/c1-14(2)11(16)10-5-9(12)4-3-8(10)6-13-7-15/h3-5,7H,6H2,1-2H3,(H,13,15). The Morgan fingerprint density at radius 3 is 2.75 bits per heavy atom. The van der Waals surface area contributed by atoms with E-state index in [0.29, 0.717) is 12.0 Å². The molecule has 0 aliphatic rings. The molecule has 0 aliphatic heterocycles. The van der Waals surface area contributed by atoms with E-state index in [1.54, 1.807) is 14.1 Å². The van der Waals surface area contributed by atoms with Gasteiger partial charge in [0.1, 0.15) is 5.82 Å². The van der Waals surface area contributed by atoms with Crippen LogP contribution in [0.3, 0.4) is 0 Å². The molecule has 86 valence electrons. The van der Waals surface area contributed by atoms with Gasteiger partial charge in [-0.1, -0.05) is 6.07 Å². The van der Waals surface area contributed by atoms with Crippen LogP contribution in [0.4, 0.5) is 4.39 Å². The number of benzene rings is 1. The molecule has 0 unspecified atom stereocenters. The van der Waals surface area contributed by atoms with Crippen molar-refractivity contribution in [2.45, 2.75) is 6.54 Å². The maximum Gasteiger partial charge on any atom is 0.253 e. The fraction of sp³-hybridized carbons (Fsp3) is 0.273. The Balaban J connectivity index is 3.07. The first kappa shape index (κ1) is 12.2. The minimum Gasteiger partial charge on any atom is -0.355 e. The molecule has 2 amide bonds. The lowest BCUT2D eigenvalue weighted by molar-refractivity contribution is -0.109. The van der Waals surface area contributed by atoms with Gasteiger partial charge >= 0.3 is 0 Å². The number of hydrogen-bond donors (Lipinski definition) is 1. The van der Waals surface area contributed by atoms with E-state index < -0.39 is 5.82 Å². The summed E-state index contributed by atoms with van der Waals surface area (Å²) in [5.74, 6) is -0.762. The number of nitrogens with zero attached hydrogens (tertiary/aromatic N) is 1. The number of carbonyl (C=O) groups excluding carboxylic acids is 2. The van der Waals surface area contributed by atoms with E-state index in [9.17, 15) is 14.0 Å². The third kappa shape index (κ3) is 2.79. The largest absolute Gasteiger partial charge is 0.355 e. The molecule has 0 saturated carbocycles. The number of hydrogen-bond acceptors (Lipinski definition) is 2. The number of carbonyl (C=O) groups is 2. The number of nitrogens with one attached hydrogen (secondary N) is 1. The Labute approximate surface area is 93.1 Å². The molecule has 0 atom stereocenters. The van der Waals surface area contributed by atoms with Gasteiger partial charge in [0.25, 0.3) is 5.91 Å². The van der Waals surface area contributed by atoms with Crippen LogP contribution in [0, 0.1) is 5.82 Å². The van der Waals surface area contributed by atoms with Crippen LogP contribution in [0.15, 0.2) is 18.2 Å². The highest BCUT2D eigenvalue weighted by atomic mass is 19.1. The van der Waals surface area contributed by atoms with E-state index in [1.807, 2.05) is 0 Å². The van der Waals surface area contributed by atoms with Crippen molar-refractivity contribution in [1.82, 2.24) is 10.2 Å². The lowest BCUT2D eigenvalue weighted by Gasteiger charge is -2.13. The lowest BCUT2D eigenvalue weighted by Crippen LogP contribution is -2.24. The van der Waals surface area contributed by atoms with Crippen LogP contribution >= 0.6 is 0 Å². The monoisotopic (exact) mass is 224 g/mol. The van der Waals surface area contributed by atoms with E-state index in [-0.39, 0.29) is 18.0 Å². The summed E-state index contributed by atoms with van der Waals surface area (Å²) >= 11 is 0. The Kier molecular flexibility index (Phi) is 3.99. The van der Waals surface area contributed by atoms with Gasteiger partial charge < -0.3 is 10.2 Å². The first-order valence-electron chi connectivity index (χ1n) is 4.73. The highest BCUT2D eigenvalue weighted by Crippen LogP contribution is 2.13. The molecule has 1 aromatic rings. The molecule has 1 rings (SSSR count). The average molecular weight is 224 g/mol. The molecule has 16 heavy (non-hydrogen) atoms. The zero-order valence-corrected chi connectivity index (χ0v) is 9.16. The van der Waals surface area contributed by atoms with Gasteiger partial charge in [-0.25, -0.2) is 4.39 Å². The SMILES string of the molecule is CN(C)C(=O)c1cc(F)ccc1CNC=O. The van der Waals surface area contributed by atoms with Gasteiger partial charge in [0.2, 0.25) is 6.41 Å². The average Bonchev–Trinajstić information content (AvgIpc) is 2.26. The van der Waals surface area contributed by atoms with Crippen molar-refractivity contribution in [2.75, 3.05) is 14.1 Å². The van der Waals surface area contributed by atoms with Gasteiger partial charge in [0.15, 0.2) is 0 Å². The molecule has 0 aromatic heterocycles. The van der Waals surface area contributed by atoms with Crippen molar-refractivity contribution in [3.63, 3.8) is 0 Å². The molecule has 4 nitrogen and oxygen atoms in total. The van der Waals surface area contributed by atoms with E-state index in [4.69, 9.17) is 0 Å².